The normalized spacial score (nSPS) is 17.0. The summed E-state index contributed by atoms with van der Waals surface area (Å²) in [6, 6.07) is 8.08. The molecular formula is C16H22N4O2. The third-order valence-electron chi connectivity index (χ3n) is 3.93. The Morgan fingerprint density at radius 3 is 2.68 bits per heavy atom. The summed E-state index contributed by atoms with van der Waals surface area (Å²) in [4.78, 5) is 24.0. The Morgan fingerprint density at radius 1 is 1.23 bits per heavy atom. The van der Waals surface area contributed by atoms with Crippen LogP contribution in [-0.4, -0.2) is 65.1 Å². The predicted molar refractivity (Wildman–Crippen MR) is 84.4 cm³/mol. The molecule has 1 aromatic carbocycles. The summed E-state index contributed by atoms with van der Waals surface area (Å²) in [7, 11) is 0. The van der Waals surface area contributed by atoms with E-state index in [1.54, 1.807) is 0 Å². The largest absolute Gasteiger partial charge is 0.465 e. The highest BCUT2D eigenvalue weighted by atomic mass is 16.5. The quantitative estimate of drug-likeness (QED) is 0.842. The Labute approximate surface area is 130 Å². The van der Waals surface area contributed by atoms with Gasteiger partial charge < -0.3 is 9.72 Å². The fraction of sp³-hybridized carbons (Fsp3) is 0.500. The molecule has 2 aromatic rings. The number of esters is 1. The second-order valence-corrected chi connectivity index (χ2v) is 5.56. The van der Waals surface area contributed by atoms with Gasteiger partial charge in [0.15, 0.2) is 0 Å². The Morgan fingerprint density at radius 2 is 1.95 bits per heavy atom. The van der Waals surface area contributed by atoms with Crippen LogP contribution < -0.4 is 0 Å². The SMILES string of the molecule is CCOC(=O)CN1CCN(Cc2nc3ccccc3[nH]2)CC1. The number of H-pyrrole nitrogens is 1. The minimum atomic E-state index is -0.131. The number of para-hydroxylation sites is 2. The van der Waals surface area contributed by atoms with E-state index in [1.165, 1.54) is 0 Å². The average Bonchev–Trinajstić information content (AvgIpc) is 2.91. The molecule has 0 radical (unpaired) electrons. The summed E-state index contributed by atoms with van der Waals surface area (Å²) in [6.45, 7) is 7.16. The van der Waals surface area contributed by atoms with Crippen molar-refractivity contribution >= 4 is 17.0 Å². The smallest absolute Gasteiger partial charge is 0.320 e. The fourth-order valence-corrected chi connectivity index (χ4v) is 2.79. The first-order valence-electron chi connectivity index (χ1n) is 7.78. The lowest BCUT2D eigenvalue weighted by molar-refractivity contribution is -0.144. The number of aromatic nitrogens is 2. The molecule has 1 N–H and O–H groups in total. The molecule has 1 aliphatic heterocycles. The van der Waals surface area contributed by atoms with Crippen molar-refractivity contribution in [2.45, 2.75) is 13.5 Å². The van der Waals surface area contributed by atoms with Crippen molar-refractivity contribution in [2.75, 3.05) is 39.3 Å². The lowest BCUT2D eigenvalue weighted by Crippen LogP contribution is -2.47. The van der Waals surface area contributed by atoms with Crippen LogP contribution in [-0.2, 0) is 16.1 Å². The lowest BCUT2D eigenvalue weighted by Gasteiger charge is -2.33. The summed E-state index contributed by atoms with van der Waals surface area (Å²) >= 11 is 0. The van der Waals surface area contributed by atoms with E-state index >= 15 is 0 Å². The zero-order valence-electron chi connectivity index (χ0n) is 12.9. The molecule has 1 saturated heterocycles. The van der Waals surface area contributed by atoms with Crippen LogP contribution in [0.3, 0.4) is 0 Å². The highest BCUT2D eigenvalue weighted by molar-refractivity contribution is 5.74. The van der Waals surface area contributed by atoms with Crippen molar-refractivity contribution in [3.63, 3.8) is 0 Å². The van der Waals surface area contributed by atoms with Gasteiger partial charge in [0.05, 0.1) is 30.7 Å². The molecule has 0 saturated carbocycles. The highest BCUT2D eigenvalue weighted by Crippen LogP contribution is 2.12. The van der Waals surface area contributed by atoms with Crippen LogP contribution >= 0.6 is 0 Å². The first-order valence-corrected chi connectivity index (χ1v) is 7.78. The molecule has 1 aromatic heterocycles. The number of fused-ring (bicyclic) bond motifs is 1. The van der Waals surface area contributed by atoms with E-state index in [1.807, 2.05) is 31.2 Å². The van der Waals surface area contributed by atoms with Crippen LogP contribution in [0.4, 0.5) is 0 Å². The highest BCUT2D eigenvalue weighted by Gasteiger charge is 2.20. The van der Waals surface area contributed by atoms with E-state index in [2.05, 4.69) is 19.8 Å². The van der Waals surface area contributed by atoms with E-state index < -0.39 is 0 Å². The third-order valence-corrected chi connectivity index (χ3v) is 3.93. The van der Waals surface area contributed by atoms with Gasteiger partial charge in [-0.05, 0) is 19.1 Å². The minimum absolute atomic E-state index is 0.131. The van der Waals surface area contributed by atoms with Crippen molar-refractivity contribution in [1.29, 1.82) is 0 Å². The molecule has 0 unspecified atom stereocenters. The van der Waals surface area contributed by atoms with Crippen LogP contribution in [0.25, 0.3) is 11.0 Å². The Bertz CT molecular complexity index is 599. The molecular weight excluding hydrogens is 280 g/mol. The van der Waals surface area contributed by atoms with Gasteiger partial charge in [0.1, 0.15) is 5.82 Å². The number of ether oxygens (including phenoxy) is 1. The van der Waals surface area contributed by atoms with Crippen molar-refractivity contribution in [3.8, 4) is 0 Å². The molecule has 0 bridgehead atoms. The maximum atomic E-state index is 11.5. The molecule has 0 amide bonds. The fourth-order valence-electron chi connectivity index (χ4n) is 2.79. The van der Waals surface area contributed by atoms with Gasteiger partial charge in [0.25, 0.3) is 0 Å². The van der Waals surface area contributed by atoms with Gasteiger partial charge in [0, 0.05) is 26.2 Å². The number of piperazine rings is 1. The first-order chi connectivity index (χ1) is 10.7. The van der Waals surface area contributed by atoms with Crippen LogP contribution in [0, 0.1) is 0 Å². The van der Waals surface area contributed by atoms with E-state index in [0.717, 1.165) is 49.6 Å². The van der Waals surface area contributed by atoms with E-state index in [4.69, 9.17) is 4.74 Å². The first kappa shape index (κ1) is 15.0. The van der Waals surface area contributed by atoms with Crippen LogP contribution in [0.1, 0.15) is 12.7 Å². The van der Waals surface area contributed by atoms with Gasteiger partial charge in [-0.3, -0.25) is 14.6 Å². The molecule has 3 rings (SSSR count). The number of aromatic amines is 1. The number of carbonyl (C=O) groups excluding carboxylic acids is 1. The molecule has 0 atom stereocenters. The summed E-state index contributed by atoms with van der Waals surface area (Å²) in [5, 5.41) is 0. The number of carbonyl (C=O) groups is 1. The van der Waals surface area contributed by atoms with Gasteiger partial charge in [0.2, 0.25) is 0 Å². The number of hydrogen-bond donors (Lipinski definition) is 1. The molecule has 0 spiro atoms. The Balaban J connectivity index is 1.50. The summed E-state index contributed by atoms with van der Waals surface area (Å²) in [5.41, 5.74) is 2.09. The van der Waals surface area contributed by atoms with Gasteiger partial charge in [-0.2, -0.15) is 0 Å². The number of benzene rings is 1. The van der Waals surface area contributed by atoms with Crippen LogP contribution in [0.5, 0.6) is 0 Å². The van der Waals surface area contributed by atoms with Gasteiger partial charge >= 0.3 is 5.97 Å². The van der Waals surface area contributed by atoms with Crippen LogP contribution in [0.2, 0.25) is 0 Å². The number of imidazole rings is 1. The number of rotatable bonds is 5. The summed E-state index contributed by atoms with van der Waals surface area (Å²) in [6.07, 6.45) is 0. The topological polar surface area (TPSA) is 61.5 Å². The monoisotopic (exact) mass is 302 g/mol. The maximum Gasteiger partial charge on any atom is 0.320 e. The summed E-state index contributed by atoms with van der Waals surface area (Å²) in [5.74, 6) is 0.869. The van der Waals surface area contributed by atoms with E-state index in [-0.39, 0.29) is 5.97 Å². The molecule has 0 aliphatic carbocycles. The zero-order valence-corrected chi connectivity index (χ0v) is 12.9. The average molecular weight is 302 g/mol. The predicted octanol–water partition coefficient (Wildman–Crippen LogP) is 1.24. The molecule has 6 heteroatoms. The number of hydrogen-bond acceptors (Lipinski definition) is 5. The van der Waals surface area contributed by atoms with Crippen molar-refractivity contribution < 1.29 is 9.53 Å². The molecule has 118 valence electrons. The molecule has 2 heterocycles. The molecule has 22 heavy (non-hydrogen) atoms. The maximum absolute atomic E-state index is 11.5. The molecule has 1 fully saturated rings. The van der Waals surface area contributed by atoms with Gasteiger partial charge in [-0.15, -0.1) is 0 Å². The van der Waals surface area contributed by atoms with Crippen molar-refractivity contribution in [2.24, 2.45) is 0 Å². The second-order valence-electron chi connectivity index (χ2n) is 5.56. The zero-order chi connectivity index (χ0) is 15.4. The lowest BCUT2D eigenvalue weighted by atomic mass is 10.3. The minimum Gasteiger partial charge on any atom is -0.465 e. The van der Waals surface area contributed by atoms with Gasteiger partial charge in [-0.25, -0.2) is 4.98 Å². The number of nitrogens with zero attached hydrogens (tertiary/aromatic N) is 3. The Hall–Kier alpha value is -1.92. The number of nitrogens with one attached hydrogen (secondary N) is 1. The Kier molecular flexibility index (Phi) is 4.70. The standard InChI is InChI=1S/C16H22N4O2/c1-2-22-16(21)12-20-9-7-19(8-10-20)11-15-17-13-5-3-4-6-14(13)18-15/h3-6H,2,7-12H2,1H3,(H,17,18). The molecule has 6 nitrogen and oxygen atoms in total. The van der Waals surface area contributed by atoms with E-state index in [9.17, 15) is 4.79 Å². The van der Waals surface area contributed by atoms with Crippen molar-refractivity contribution in [1.82, 2.24) is 19.8 Å². The third kappa shape index (κ3) is 3.64. The molecule has 1 aliphatic rings. The summed E-state index contributed by atoms with van der Waals surface area (Å²) < 4.78 is 4.99. The van der Waals surface area contributed by atoms with E-state index in [0.29, 0.717) is 13.2 Å². The van der Waals surface area contributed by atoms with Crippen molar-refractivity contribution in [3.05, 3.63) is 30.1 Å². The second kappa shape index (κ2) is 6.89. The van der Waals surface area contributed by atoms with Crippen LogP contribution in [0.15, 0.2) is 24.3 Å². The van der Waals surface area contributed by atoms with Gasteiger partial charge in [-0.1, -0.05) is 12.1 Å².